The second-order valence-electron chi connectivity index (χ2n) is 2.84. The lowest BCUT2D eigenvalue weighted by molar-refractivity contribution is 0.0988. The van der Waals surface area contributed by atoms with Crippen LogP contribution in [0.15, 0.2) is 18.2 Å². The van der Waals surface area contributed by atoms with Crippen molar-refractivity contribution in [3.8, 4) is 11.5 Å². The zero-order valence-electron chi connectivity index (χ0n) is 8.49. The van der Waals surface area contributed by atoms with E-state index < -0.39 is 5.50 Å². The van der Waals surface area contributed by atoms with Crippen molar-refractivity contribution in [1.29, 1.82) is 0 Å². The van der Waals surface area contributed by atoms with Gasteiger partial charge in [-0.25, -0.2) is 0 Å². The van der Waals surface area contributed by atoms with Gasteiger partial charge in [-0.15, -0.1) is 0 Å². The van der Waals surface area contributed by atoms with Crippen LogP contribution in [0.1, 0.15) is 10.4 Å². The predicted octanol–water partition coefficient (Wildman–Crippen LogP) is 1.41. The van der Waals surface area contributed by atoms with Crippen LogP contribution in [0.3, 0.4) is 0 Å². The molecule has 0 bridgehead atoms. The zero-order valence-corrected chi connectivity index (χ0v) is 9.25. The Morgan fingerprint density at radius 1 is 1.33 bits per heavy atom. The van der Waals surface area contributed by atoms with Gasteiger partial charge in [-0.1, -0.05) is 11.6 Å². The molecule has 0 amide bonds. The smallest absolute Gasteiger partial charge is 0.194 e. The summed E-state index contributed by atoms with van der Waals surface area (Å²) < 4.78 is 10.1. The highest BCUT2D eigenvalue weighted by Gasteiger charge is 2.15. The number of rotatable bonds is 4. The van der Waals surface area contributed by atoms with Crippen LogP contribution in [0, 0.1) is 0 Å². The van der Waals surface area contributed by atoms with Crippen LogP contribution in [0.5, 0.6) is 11.5 Å². The van der Waals surface area contributed by atoms with E-state index in [1.54, 1.807) is 18.2 Å². The highest BCUT2D eigenvalue weighted by molar-refractivity contribution is 6.33. The van der Waals surface area contributed by atoms with E-state index in [-0.39, 0.29) is 5.78 Å². The van der Waals surface area contributed by atoms with Gasteiger partial charge in [0.15, 0.2) is 17.3 Å². The van der Waals surface area contributed by atoms with Gasteiger partial charge in [0.1, 0.15) is 5.50 Å². The number of hydrogen-bond donors (Lipinski definition) is 1. The summed E-state index contributed by atoms with van der Waals surface area (Å²) >= 11 is 5.49. The fraction of sp³-hybridized carbons (Fsp3) is 0.300. The van der Waals surface area contributed by atoms with E-state index in [2.05, 4.69) is 0 Å². The third-order valence-electron chi connectivity index (χ3n) is 1.92. The number of ether oxygens (including phenoxy) is 2. The lowest BCUT2D eigenvalue weighted by atomic mass is 10.1. The Balaban J connectivity index is 3.08. The van der Waals surface area contributed by atoms with Crippen molar-refractivity contribution in [2.24, 2.45) is 5.73 Å². The molecule has 0 aliphatic carbocycles. The summed E-state index contributed by atoms with van der Waals surface area (Å²) in [6.45, 7) is 0. The van der Waals surface area contributed by atoms with Crippen LogP contribution < -0.4 is 15.2 Å². The molecule has 1 unspecified atom stereocenters. The van der Waals surface area contributed by atoms with Crippen LogP contribution in [-0.4, -0.2) is 25.5 Å². The van der Waals surface area contributed by atoms with Crippen molar-refractivity contribution in [1.82, 2.24) is 0 Å². The number of carbonyl (C=O) groups excluding carboxylic acids is 1. The molecule has 0 aromatic heterocycles. The Morgan fingerprint density at radius 3 is 2.40 bits per heavy atom. The molecule has 0 spiro atoms. The molecule has 1 atom stereocenters. The van der Waals surface area contributed by atoms with E-state index in [4.69, 9.17) is 26.8 Å². The number of nitrogens with two attached hydrogens (primary N) is 1. The maximum absolute atomic E-state index is 11.5. The summed E-state index contributed by atoms with van der Waals surface area (Å²) in [5.41, 5.74) is 4.63. The third kappa shape index (κ3) is 2.61. The van der Waals surface area contributed by atoms with Crippen molar-refractivity contribution in [3.63, 3.8) is 0 Å². The van der Waals surface area contributed by atoms with Crippen LogP contribution in [-0.2, 0) is 0 Å². The molecule has 1 aromatic carbocycles. The molecule has 2 N–H and O–H groups in total. The van der Waals surface area contributed by atoms with Gasteiger partial charge < -0.3 is 15.2 Å². The minimum atomic E-state index is -1.04. The van der Waals surface area contributed by atoms with Gasteiger partial charge in [0.2, 0.25) is 0 Å². The molecule has 0 heterocycles. The number of Topliss-reactive ketones (excluding diaryl/α,β-unsaturated/α-hetero) is 1. The molecule has 1 aromatic rings. The largest absolute Gasteiger partial charge is 0.493 e. The van der Waals surface area contributed by atoms with Crippen molar-refractivity contribution < 1.29 is 14.3 Å². The Bertz CT molecular complexity index is 366. The van der Waals surface area contributed by atoms with Gasteiger partial charge in [0.25, 0.3) is 0 Å². The molecule has 82 valence electrons. The van der Waals surface area contributed by atoms with Gasteiger partial charge in [0, 0.05) is 5.56 Å². The molecular weight excluding hydrogens is 218 g/mol. The molecule has 0 saturated carbocycles. The Kier molecular flexibility index (Phi) is 3.94. The quantitative estimate of drug-likeness (QED) is 0.482. The van der Waals surface area contributed by atoms with E-state index in [9.17, 15) is 4.79 Å². The highest BCUT2D eigenvalue weighted by Crippen LogP contribution is 2.27. The first-order chi connectivity index (χ1) is 7.10. The second-order valence-corrected chi connectivity index (χ2v) is 3.31. The first kappa shape index (κ1) is 11.8. The van der Waals surface area contributed by atoms with Crippen LogP contribution in [0.25, 0.3) is 0 Å². The fourth-order valence-corrected chi connectivity index (χ4v) is 1.27. The third-order valence-corrected chi connectivity index (χ3v) is 2.12. The first-order valence-corrected chi connectivity index (χ1v) is 4.69. The van der Waals surface area contributed by atoms with Crippen LogP contribution >= 0.6 is 11.6 Å². The average Bonchev–Trinajstić information content (AvgIpc) is 2.26. The molecule has 0 fully saturated rings. The lowest BCUT2D eigenvalue weighted by Crippen LogP contribution is -2.23. The summed E-state index contributed by atoms with van der Waals surface area (Å²) in [4.78, 5) is 11.5. The standard InChI is InChI=1S/C10H12ClNO3/c1-14-7-4-3-6(5-8(7)15-2)9(13)10(11)12/h3-5,10H,12H2,1-2H3. The van der Waals surface area contributed by atoms with Gasteiger partial charge in [-0.3, -0.25) is 4.79 Å². The number of halogens is 1. The minimum Gasteiger partial charge on any atom is -0.493 e. The van der Waals surface area contributed by atoms with E-state index in [0.29, 0.717) is 17.1 Å². The summed E-state index contributed by atoms with van der Waals surface area (Å²) in [6, 6.07) is 4.76. The van der Waals surface area contributed by atoms with E-state index >= 15 is 0 Å². The monoisotopic (exact) mass is 229 g/mol. The van der Waals surface area contributed by atoms with E-state index in [1.165, 1.54) is 14.2 Å². The Morgan fingerprint density at radius 2 is 1.93 bits per heavy atom. The summed E-state index contributed by atoms with van der Waals surface area (Å²) in [6.07, 6.45) is 0. The number of methoxy groups -OCH3 is 2. The molecule has 0 saturated heterocycles. The molecule has 0 aliphatic heterocycles. The van der Waals surface area contributed by atoms with Crippen LogP contribution in [0.4, 0.5) is 0 Å². The summed E-state index contributed by atoms with van der Waals surface area (Å²) in [5, 5.41) is 0. The average molecular weight is 230 g/mol. The molecule has 5 heteroatoms. The maximum Gasteiger partial charge on any atom is 0.194 e. The molecule has 0 radical (unpaired) electrons. The molecule has 1 rings (SSSR count). The summed E-state index contributed by atoms with van der Waals surface area (Å²) in [7, 11) is 3.01. The maximum atomic E-state index is 11.5. The SMILES string of the molecule is COc1ccc(C(=O)C(N)Cl)cc1OC. The van der Waals surface area contributed by atoms with Crippen molar-refractivity contribution in [2.45, 2.75) is 5.50 Å². The number of carbonyl (C=O) groups is 1. The lowest BCUT2D eigenvalue weighted by Gasteiger charge is -2.09. The van der Waals surface area contributed by atoms with E-state index in [1.807, 2.05) is 0 Å². The molecule has 15 heavy (non-hydrogen) atoms. The topological polar surface area (TPSA) is 61.5 Å². The van der Waals surface area contributed by atoms with Gasteiger partial charge in [-0.05, 0) is 18.2 Å². The summed E-state index contributed by atoms with van der Waals surface area (Å²) in [5.74, 6) is 0.676. The normalized spacial score (nSPS) is 12.0. The first-order valence-electron chi connectivity index (χ1n) is 4.26. The number of benzene rings is 1. The Hall–Kier alpha value is -1.26. The van der Waals surface area contributed by atoms with Crippen molar-refractivity contribution in [3.05, 3.63) is 23.8 Å². The fourth-order valence-electron chi connectivity index (χ4n) is 1.15. The van der Waals surface area contributed by atoms with E-state index in [0.717, 1.165) is 0 Å². The molecular formula is C10H12ClNO3. The van der Waals surface area contributed by atoms with Crippen molar-refractivity contribution in [2.75, 3.05) is 14.2 Å². The molecule has 0 aliphatic rings. The highest BCUT2D eigenvalue weighted by atomic mass is 35.5. The zero-order chi connectivity index (χ0) is 11.4. The van der Waals surface area contributed by atoms with Crippen molar-refractivity contribution >= 4 is 17.4 Å². The number of ketones is 1. The molecule has 4 nitrogen and oxygen atoms in total. The van der Waals surface area contributed by atoms with Gasteiger partial charge in [0.05, 0.1) is 14.2 Å². The second kappa shape index (κ2) is 5.00. The predicted molar refractivity (Wildman–Crippen MR) is 57.7 cm³/mol. The van der Waals surface area contributed by atoms with Gasteiger partial charge >= 0.3 is 0 Å². The number of alkyl halides is 1. The van der Waals surface area contributed by atoms with Crippen LogP contribution in [0.2, 0.25) is 0 Å². The Labute approximate surface area is 92.9 Å². The number of hydrogen-bond acceptors (Lipinski definition) is 4. The van der Waals surface area contributed by atoms with Gasteiger partial charge in [-0.2, -0.15) is 0 Å². The minimum absolute atomic E-state index is 0.349.